The first-order chi connectivity index (χ1) is 47.8. The van der Waals surface area contributed by atoms with E-state index in [1.807, 2.05) is 0 Å². The molecule has 0 unspecified atom stereocenters. The molecule has 100 heavy (non-hydrogen) atoms. The van der Waals surface area contributed by atoms with Crippen LogP contribution in [0.5, 0.6) is 28.7 Å². The zero-order valence-corrected chi connectivity index (χ0v) is 51.9. The van der Waals surface area contributed by atoms with E-state index in [1.165, 1.54) is 121 Å². The van der Waals surface area contributed by atoms with Crippen molar-refractivity contribution in [3.05, 3.63) is 149 Å². The number of aliphatic hydroxyl groups is 15. The topological polar surface area (TPSA) is 527 Å². The number of benzene rings is 5. The van der Waals surface area contributed by atoms with Crippen LogP contribution in [0, 0.1) is 0 Å². The molecule has 35 heteroatoms. The largest absolute Gasteiger partial charge is 0.462 e. The van der Waals surface area contributed by atoms with E-state index in [4.69, 9.17) is 71.1 Å². The molecule has 16 rings (SSSR count). The van der Waals surface area contributed by atoms with Crippen LogP contribution in [0.2, 0.25) is 0 Å². The van der Waals surface area contributed by atoms with E-state index in [2.05, 4.69) is 0 Å². The van der Waals surface area contributed by atoms with Gasteiger partial charge in [-0.15, -0.1) is 0 Å². The number of carbonyl (C=O) groups excluding carboxylic acids is 5. The Morgan fingerprint density at radius 1 is 0.200 bits per heavy atom. The third kappa shape index (κ3) is 16.5. The summed E-state index contributed by atoms with van der Waals surface area (Å²) in [6.45, 7) is -3.49. The zero-order valence-electron chi connectivity index (χ0n) is 51.9. The summed E-state index contributed by atoms with van der Waals surface area (Å²) < 4.78 is 83.8. The highest BCUT2D eigenvalue weighted by atomic mass is 16.7. The van der Waals surface area contributed by atoms with Gasteiger partial charge in [-0.25, -0.2) is 24.0 Å². The van der Waals surface area contributed by atoms with Crippen molar-refractivity contribution in [1.82, 2.24) is 0 Å². The summed E-state index contributed by atoms with van der Waals surface area (Å²) in [5, 5.41) is 161. The maximum atomic E-state index is 13.2. The van der Waals surface area contributed by atoms with E-state index in [0.717, 1.165) is 0 Å². The van der Waals surface area contributed by atoms with Gasteiger partial charge in [0.05, 0.1) is 27.8 Å². The number of rotatable bonds is 0. The van der Waals surface area contributed by atoms with Crippen LogP contribution in [0.3, 0.4) is 0 Å². The molecule has 540 valence electrons. The third-order valence-electron chi connectivity index (χ3n) is 16.9. The number of hydrogen-bond acceptors (Lipinski definition) is 35. The van der Waals surface area contributed by atoms with Crippen molar-refractivity contribution >= 4 is 29.8 Å². The van der Waals surface area contributed by atoms with E-state index < -0.39 is 216 Å². The fourth-order valence-electron chi connectivity index (χ4n) is 11.0. The Bertz CT molecular complexity index is 3040. The molecule has 25 atom stereocenters. The minimum absolute atomic E-state index is 0.0431. The Morgan fingerprint density at radius 3 is 0.480 bits per heavy atom. The second kappa shape index (κ2) is 31.7. The number of aliphatic hydroxyl groups excluding tert-OH is 15. The minimum atomic E-state index is -1.89. The first-order valence-electron chi connectivity index (χ1n) is 31.0. The fraction of sp³-hybridized carbons (Fsp3) is 0.462. The lowest BCUT2D eigenvalue weighted by atomic mass is 9.99. The first kappa shape index (κ1) is 72.9. The van der Waals surface area contributed by atoms with Gasteiger partial charge < -0.3 is 148 Å². The molecular formula is C65H70O35. The Kier molecular flexibility index (Phi) is 23.1. The molecule has 0 aliphatic carbocycles. The van der Waals surface area contributed by atoms with Crippen LogP contribution in [-0.4, -0.2) is 293 Å². The van der Waals surface area contributed by atoms with Crippen molar-refractivity contribution in [3.8, 4) is 28.7 Å². The van der Waals surface area contributed by atoms with Crippen LogP contribution >= 0.6 is 0 Å². The summed E-state index contributed by atoms with van der Waals surface area (Å²) in [7, 11) is 0. The average Bonchev–Trinajstić information content (AvgIpc) is 0.828. The van der Waals surface area contributed by atoms with Crippen LogP contribution in [0.4, 0.5) is 0 Å². The smallest absolute Gasteiger partial charge is 0.338 e. The van der Waals surface area contributed by atoms with Gasteiger partial charge in [0.15, 0.2) is 0 Å². The predicted molar refractivity (Wildman–Crippen MR) is 320 cm³/mol. The molecule has 0 radical (unpaired) electrons. The highest BCUT2D eigenvalue weighted by Crippen LogP contribution is 2.33. The minimum Gasteiger partial charge on any atom is -0.462 e. The maximum absolute atomic E-state index is 13.2. The summed E-state index contributed by atoms with van der Waals surface area (Å²) in [5.74, 6) is -5.11. The summed E-state index contributed by atoms with van der Waals surface area (Å²) in [4.78, 5) is 66.0. The summed E-state index contributed by atoms with van der Waals surface area (Å²) in [5.41, 5.74) is -0.458. The van der Waals surface area contributed by atoms with Gasteiger partial charge in [0.1, 0.15) is 184 Å². The highest BCUT2D eigenvalue weighted by molar-refractivity contribution is 5.91. The Labute approximate surface area is 564 Å². The molecule has 20 bridgehead atoms. The van der Waals surface area contributed by atoms with Crippen LogP contribution in [0.1, 0.15) is 51.8 Å². The lowest BCUT2D eigenvalue weighted by Crippen LogP contribution is -2.60. The van der Waals surface area contributed by atoms with Gasteiger partial charge in [-0.1, -0.05) is 0 Å². The molecule has 35 nitrogen and oxygen atoms in total. The summed E-state index contributed by atoms with van der Waals surface area (Å²) in [6, 6.07) is 24.8. The molecule has 11 aliphatic rings. The quantitative estimate of drug-likeness (QED) is 0.0511. The number of carbonyl (C=O) groups is 5. The zero-order chi connectivity index (χ0) is 71.4. The van der Waals surface area contributed by atoms with E-state index in [0.29, 0.717) is 0 Å². The van der Waals surface area contributed by atoms with E-state index in [1.54, 1.807) is 0 Å². The SMILES string of the molecule is O=C1OC[C@H]2O[C@@H](Oc3ccc(cc3)C(=O)OC[C@H]3O[C@@H](Oc4ccc(cc4)C(=O)OC[C@H]4O[C@@H](Oc5ccc(cc5)C(=O)OC[C@H]5O[C@@H](Oc6ccc(cc6)C(=O)OC[C@H]6O[C@@H](Oc7ccc1cc7)[C@H](O)[C@@H](O)[C@@H]6O)[C@H](O)[C@@H](O)[C@@H]5O)[C@H](O)[C@@H](O)[C@@H]4O)[C@H](O)[C@@H](O)[C@@H]3O)[C@H](O)[C@@H](O)[C@@H]2O. The predicted octanol–water partition coefficient (Wildman–Crippen LogP) is -4.78. The average molecular weight is 1410 g/mol. The normalized spacial score (nSPS) is 36.8. The van der Waals surface area contributed by atoms with Gasteiger partial charge in [-0.2, -0.15) is 0 Å². The molecular weight excluding hydrogens is 1340 g/mol. The summed E-state index contributed by atoms with van der Waals surface area (Å²) in [6.07, 6.45) is -43.7. The van der Waals surface area contributed by atoms with Crippen molar-refractivity contribution in [2.75, 3.05) is 33.0 Å². The van der Waals surface area contributed by atoms with Crippen LogP contribution in [0.25, 0.3) is 0 Å². The maximum Gasteiger partial charge on any atom is 0.338 e. The van der Waals surface area contributed by atoms with Crippen LogP contribution in [-0.2, 0) is 47.4 Å². The van der Waals surface area contributed by atoms with Crippen molar-refractivity contribution in [3.63, 3.8) is 0 Å². The Balaban J connectivity index is 0.760. The van der Waals surface area contributed by atoms with Crippen molar-refractivity contribution < 1.29 is 172 Å². The van der Waals surface area contributed by atoms with Crippen molar-refractivity contribution in [2.45, 2.75) is 154 Å². The number of fused-ring (bicyclic) bond motifs is 5. The van der Waals surface area contributed by atoms with Crippen molar-refractivity contribution in [2.24, 2.45) is 0 Å². The number of ether oxygens (including phenoxy) is 15. The van der Waals surface area contributed by atoms with E-state index >= 15 is 0 Å². The molecule has 0 spiro atoms. The first-order valence-corrected chi connectivity index (χ1v) is 31.0. The van der Waals surface area contributed by atoms with Gasteiger partial charge in [-0.05, 0) is 121 Å². The monoisotopic (exact) mass is 1410 g/mol. The Morgan fingerprint density at radius 2 is 0.340 bits per heavy atom. The number of hydrogen-bond donors (Lipinski definition) is 15. The van der Waals surface area contributed by atoms with Crippen LogP contribution in [0.15, 0.2) is 121 Å². The second-order valence-electron chi connectivity index (χ2n) is 23.8. The number of esters is 5. The molecule has 0 amide bonds. The van der Waals surface area contributed by atoms with Gasteiger partial charge in [-0.3, -0.25) is 0 Å². The van der Waals surface area contributed by atoms with E-state index in [9.17, 15) is 101 Å². The van der Waals surface area contributed by atoms with Gasteiger partial charge >= 0.3 is 29.8 Å². The molecule has 0 aromatic heterocycles. The highest BCUT2D eigenvalue weighted by Gasteiger charge is 2.51. The van der Waals surface area contributed by atoms with Crippen LogP contribution < -0.4 is 23.7 Å². The lowest BCUT2D eigenvalue weighted by Gasteiger charge is -2.40. The van der Waals surface area contributed by atoms with Gasteiger partial charge in [0, 0.05) is 0 Å². The molecule has 5 saturated heterocycles. The van der Waals surface area contributed by atoms with E-state index in [-0.39, 0.29) is 56.6 Å². The molecule has 5 fully saturated rings. The standard InChI is InChI=1S/C65H70O35/c66-41-36-21-86-56(81)26-1-11-31(12-2-26)91-61-51(76)46(71)42(67)37(96-61)22-87-57(82)27-5-15-33(16-6-27)93-63-53(78)48(73)44(69)39(98-63)24-89-59(84)29-9-19-35(20-10-29)95-65-55(80)50(75)45(70)40(100-65)25-90-60(85)30-7-17-34(18-8-30)94-64-54(79)49(74)43(68)38(99-64)23-88-58(83)28-3-13-32(14-4-28)92-62(97-36)52(77)47(41)72/h1-20,36-55,61-80H,21-25H2/t36-,37-,38-,39-,40-,41-,42-,43-,44-,45-,46+,47+,48+,49+,50+,51-,52-,53-,54-,55-,61-,62-,63-,64-,65-/m1/s1. The third-order valence-corrected chi connectivity index (χ3v) is 16.9. The fourth-order valence-corrected chi connectivity index (χ4v) is 11.0. The second-order valence-corrected chi connectivity index (χ2v) is 23.8. The lowest BCUT2D eigenvalue weighted by molar-refractivity contribution is -0.277. The molecule has 5 aromatic carbocycles. The molecule has 15 N–H and O–H groups in total. The molecule has 11 aliphatic heterocycles. The molecule has 0 saturated carbocycles. The van der Waals surface area contributed by atoms with Gasteiger partial charge in [0.2, 0.25) is 31.5 Å². The summed E-state index contributed by atoms with van der Waals surface area (Å²) >= 11 is 0. The van der Waals surface area contributed by atoms with Crippen molar-refractivity contribution in [1.29, 1.82) is 0 Å². The Hall–Kier alpha value is -8.35. The molecule has 11 heterocycles. The molecule has 5 aromatic rings. The van der Waals surface area contributed by atoms with Gasteiger partial charge in [0.25, 0.3) is 0 Å².